The third-order valence-corrected chi connectivity index (χ3v) is 9.47. The molecule has 0 amide bonds. The molecule has 2 aliphatic rings. The van der Waals surface area contributed by atoms with Gasteiger partial charge in [0.15, 0.2) is 11.3 Å². The summed E-state index contributed by atoms with van der Waals surface area (Å²) in [4.78, 5) is 28.1. The number of aliphatic hydroxyl groups is 3. The van der Waals surface area contributed by atoms with E-state index < -0.39 is 42.9 Å². The maximum absolute atomic E-state index is 13.6. The number of aromatic nitrogens is 2. The van der Waals surface area contributed by atoms with E-state index in [2.05, 4.69) is 4.98 Å². The summed E-state index contributed by atoms with van der Waals surface area (Å²) in [7, 11) is -3.81. The molecule has 1 unspecified atom stereocenters. The van der Waals surface area contributed by atoms with Crippen LogP contribution in [-0.2, 0) is 23.1 Å². The van der Waals surface area contributed by atoms with Gasteiger partial charge in [0.1, 0.15) is 23.6 Å². The van der Waals surface area contributed by atoms with Gasteiger partial charge in [0, 0.05) is 25.0 Å². The summed E-state index contributed by atoms with van der Waals surface area (Å²) in [5.41, 5.74) is 1.97. The largest absolute Gasteiger partial charge is 0.408 e. The number of rotatable bonds is 11. The number of nitrogen functional groups attached to an aromatic ring is 1. The molecule has 212 valence electrons. The predicted molar refractivity (Wildman–Crippen MR) is 139 cm³/mol. The third-order valence-electron chi connectivity index (χ3n) is 6.21. The van der Waals surface area contributed by atoms with Crippen molar-refractivity contribution in [3.8, 4) is 0 Å². The van der Waals surface area contributed by atoms with Crippen molar-refractivity contribution < 1.29 is 38.5 Å². The van der Waals surface area contributed by atoms with Crippen LogP contribution in [0.3, 0.4) is 0 Å². The molecule has 3 rings (SSSR count). The van der Waals surface area contributed by atoms with E-state index in [4.69, 9.17) is 19.5 Å². The van der Waals surface area contributed by atoms with Crippen LogP contribution in [0.4, 0.5) is 5.82 Å². The highest BCUT2D eigenvalue weighted by molar-refractivity contribution is 8.13. The Morgan fingerprint density at radius 3 is 2.62 bits per heavy atom. The number of anilines is 1. The van der Waals surface area contributed by atoms with Crippen LogP contribution < -0.4 is 11.4 Å². The second kappa shape index (κ2) is 12.7. The minimum Gasteiger partial charge on any atom is -0.395 e. The van der Waals surface area contributed by atoms with Gasteiger partial charge in [-0.25, -0.2) is 14.0 Å². The Balaban J connectivity index is 0.00000481. The Hall–Kier alpha value is -1.35. The molecule has 13 nitrogen and oxygen atoms in total. The number of hydrogen-bond donors (Lipinski definition) is 4. The van der Waals surface area contributed by atoms with Gasteiger partial charge in [-0.05, 0) is 39.7 Å². The highest BCUT2D eigenvalue weighted by Crippen LogP contribution is 2.54. The molecular formula is C22H39N4O9PS. The van der Waals surface area contributed by atoms with Crippen molar-refractivity contribution in [1.29, 1.82) is 0 Å². The van der Waals surface area contributed by atoms with Gasteiger partial charge in [-0.1, -0.05) is 19.2 Å². The molecule has 0 aromatic carbocycles. The number of thioether (sulfide) groups is 1. The van der Waals surface area contributed by atoms with E-state index in [-0.39, 0.29) is 43.9 Å². The van der Waals surface area contributed by atoms with Gasteiger partial charge in [-0.2, -0.15) is 4.98 Å². The zero-order valence-electron chi connectivity index (χ0n) is 20.6. The minimum atomic E-state index is -3.81. The summed E-state index contributed by atoms with van der Waals surface area (Å²) in [6.07, 6.45) is -0.980. The SMILES string of the molecule is C.CC(C)(CO)C(=O)SCCOP(=O)(OC[C@H]1O[C@@H](n2ccc(N)nc2=O)[C@](C)(O)[C@@H]1O)N1CCCC1. The standard InChI is InChI=1S/C21H35N4O9PS.CH4/c1-20(2,13-26)18(28)36-11-10-32-35(31,24-7-4-5-8-24)33-12-14-16(27)21(3,30)17(34-14)25-9-6-15(22)23-19(25)29;/h6,9,14,16-17,26-27,30H,4-5,7-8,10-13H2,1-3H3,(H2,22,23,29);1H4/t14-,16-,17-,21-,35?;/m1./s1. The molecule has 0 radical (unpaired) electrons. The van der Waals surface area contributed by atoms with Crippen LogP contribution in [0.2, 0.25) is 0 Å². The summed E-state index contributed by atoms with van der Waals surface area (Å²) in [6.45, 7) is 4.82. The Morgan fingerprint density at radius 2 is 2.03 bits per heavy atom. The predicted octanol–water partition coefficient (Wildman–Crippen LogP) is 0.986. The Labute approximate surface area is 220 Å². The molecule has 0 saturated carbocycles. The minimum absolute atomic E-state index is 0. The second-order valence-corrected chi connectivity index (χ2v) is 12.8. The van der Waals surface area contributed by atoms with Crippen LogP contribution in [0, 0.1) is 5.41 Å². The first kappa shape index (κ1) is 31.9. The molecular weight excluding hydrogens is 527 g/mol. The van der Waals surface area contributed by atoms with Crippen LogP contribution >= 0.6 is 19.5 Å². The molecule has 37 heavy (non-hydrogen) atoms. The van der Waals surface area contributed by atoms with Gasteiger partial charge >= 0.3 is 13.4 Å². The van der Waals surface area contributed by atoms with E-state index in [1.54, 1.807) is 18.5 Å². The maximum atomic E-state index is 13.6. The van der Waals surface area contributed by atoms with Crippen molar-refractivity contribution in [3.05, 3.63) is 22.7 Å². The van der Waals surface area contributed by atoms with Gasteiger partial charge < -0.3 is 25.8 Å². The molecule has 3 heterocycles. The molecule has 0 aliphatic carbocycles. The normalized spacial score (nSPS) is 28.1. The Bertz CT molecular complexity index is 1030. The van der Waals surface area contributed by atoms with Crippen molar-refractivity contribution in [2.24, 2.45) is 5.41 Å². The fourth-order valence-electron chi connectivity index (χ4n) is 3.84. The molecule has 15 heteroatoms. The summed E-state index contributed by atoms with van der Waals surface area (Å²) in [5.74, 6) is 0.202. The zero-order valence-corrected chi connectivity index (χ0v) is 22.3. The first-order valence-corrected chi connectivity index (χ1v) is 14.1. The van der Waals surface area contributed by atoms with E-state index in [0.29, 0.717) is 13.1 Å². The van der Waals surface area contributed by atoms with E-state index >= 15 is 0 Å². The monoisotopic (exact) mass is 566 g/mol. The molecule has 0 bridgehead atoms. The lowest BCUT2D eigenvalue weighted by molar-refractivity contribution is -0.119. The van der Waals surface area contributed by atoms with Gasteiger partial charge in [-0.3, -0.25) is 18.4 Å². The number of aliphatic hydroxyl groups excluding tert-OH is 2. The number of carbonyl (C=O) groups excluding carboxylic acids is 1. The van der Waals surface area contributed by atoms with Crippen molar-refractivity contribution in [2.45, 2.75) is 65.1 Å². The molecule has 5 atom stereocenters. The van der Waals surface area contributed by atoms with Gasteiger partial charge in [-0.15, -0.1) is 0 Å². The average Bonchev–Trinajstić information content (AvgIpc) is 3.44. The fraction of sp³-hybridized carbons (Fsp3) is 0.773. The van der Waals surface area contributed by atoms with Crippen molar-refractivity contribution >= 4 is 30.4 Å². The molecule has 2 fully saturated rings. The maximum Gasteiger partial charge on any atom is 0.408 e. The number of nitrogens with zero attached hydrogens (tertiary/aromatic N) is 3. The van der Waals surface area contributed by atoms with Gasteiger partial charge in [0.05, 0.1) is 25.2 Å². The van der Waals surface area contributed by atoms with E-state index in [9.17, 15) is 29.5 Å². The number of nitrogens with two attached hydrogens (primary N) is 1. The van der Waals surface area contributed by atoms with Crippen molar-refractivity contribution in [3.63, 3.8) is 0 Å². The number of hydrogen-bond acceptors (Lipinski definition) is 12. The van der Waals surface area contributed by atoms with E-state index in [0.717, 1.165) is 29.2 Å². The highest BCUT2D eigenvalue weighted by atomic mass is 32.2. The third kappa shape index (κ3) is 7.20. The molecule has 0 spiro atoms. The Morgan fingerprint density at radius 1 is 1.38 bits per heavy atom. The van der Waals surface area contributed by atoms with Crippen LogP contribution in [0.15, 0.2) is 17.1 Å². The Kier molecular flexibility index (Phi) is 10.9. The molecule has 1 aromatic rings. The lowest BCUT2D eigenvalue weighted by Gasteiger charge is -2.28. The quantitative estimate of drug-likeness (QED) is 0.220. The van der Waals surface area contributed by atoms with E-state index in [1.807, 2.05) is 0 Å². The summed E-state index contributed by atoms with van der Waals surface area (Å²) in [5, 5.41) is 30.7. The summed E-state index contributed by atoms with van der Waals surface area (Å²) < 4.78 is 33.3. The topological polar surface area (TPSA) is 187 Å². The van der Waals surface area contributed by atoms with Crippen LogP contribution in [-0.4, -0.2) is 91.1 Å². The first-order chi connectivity index (χ1) is 16.8. The number of carbonyl (C=O) groups is 1. The van der Waals surface area contributed by atoms with Crippen LogP contribution in [0.1, 0.15) is 47.3 Å². The van der Waals surface area contributed by atoms with E-state index in [1.165, 1.54) is 19.2 Å². The average molecular weight is 567 g/mol. The zero-order chi connectivity index (χ0) is 26.7. The highest BCUT2D eigenvalue weighted by Gasteiger charge is 2.54. The van der Waals surface area contributed by atoms with Crippen LogP contribution in [0.5, 0.6) is 0 Å². The fourth-order valence-corrected chi connectivity index (χ4v) is 6.60. The van der Waals surface area contributed by atoms with Gasteiger partial charge in [0.25, 0.3) is 0 Å². The first-order valence-electron chi connectivity index (χ1n) is 11.6. The molecule has 2 aliphatic heterocycles. The molecule has 2 saturated heterocycles. The molecule has 1 aromatic heterocycles. The number of ether oxygens (including phenoxy) is 1. The van der Waals surface area contributed by atoms with Crippen LogP contribution in [0.25, 0.3) is 0 Å². The van der Waals surface area contributed by atoms with Crippen molar-refractivity contribution in [2.75, 3.05) is 44.4 Å². The summed E-state index contributed by atoms with van der Waals surface area (Å²) in [6, 6.07) is 1.36. The second-order valence-electron chi connectivity index (χ2n) is 9.68. The summed E-state index contributed by atoms with van der Waals surface area (Å²) >= 11 is 0.971. The van der Waals surface area contributed by atoms with Crippen molar-refractivity contribution in [1.82, 2.24) is 14.2 Å². The smallest absolute Gasteiger partial charge is 0.395 e. The van der Waals surface area contributed by atoms with Gasteiger partial charge in [0.2, 0.25) is 0 Å². The lowest BCUT2D eigenvalue weighted by Crippen LogP contribution is -2.46. The molecule has 5 N–H and O–H groups in total. The lowest BCUT2D eigenvalue weighted by atomic mass is 9.96.